The summed E-state index contributed by atoms with van der Waals surface area (Å²) in [6, 6.07) is 26.4. The first kappa shape index (κ1) is 23.6. The molecule has 2 fully saturated rings. The monoisotopic (exact) mass is 485 g/mol. The number of hydrogen-bond donors (Lipinski definition) is 0. The van der Waals surface area contributed by atoms with Gasteiger partial charge in [0.15, 0.2) is 0 Å². The molecule has 7 nitrogen and oxygen atoms in total. The highest BCUT2D eigenvalue weighted by Crippen LogP contribution is 2.39. The first-order chi connectivity index (χ1) is 17.6. The van der Waals surface area contributed by atoms with Gasteiger partial charge >= 0.3 is 18.0 Å². The fraction of sp³-hybridized carbons (Fsp3) is 0.276. The van der Waals surface area contributed by atoms with Crippen molar-refractivity contribution in [1.29, 1.82) is 0 Å². The Morgan fingerprint density at radius 1 is 0.611 bits per heavy atom. The molecule has 1 aliphatic heterocycles. The van der Waals surface area contributed by atoms with Gasteiger partial charge in [-0.1, -0.05) is 54.6 Å². The number of ether oxygens (including phenoxy) is 3. The number of fused-ring (bicyclic) bond motifs is 1. The maximum atomic E-state index is 12.8. The van der Waals surface area contributed by atoms with Crippen LogP contribution in [0, 0.1) is 11.8 Å². The fourth-order valence-corrected chi connectivity index (χ4v) is 4.98. The topological polar surface area (TPSA) is 82.1 Å². The molecule has 2 unspecified atom stereocenters. The molecule has 0 spiro atoms. The Bertz CT molecular complexity index is 1130. The Labute approximate surface area is 209 Å². The lowest BCUT2D eigenvalue weighted by Crippen LogP contribution is -2.44. The molecule has 3 aromatic carbocycles. The molecule has 0 N–H and O–H groups in total. The molecule has 1 saturated carbocycles. The fourth-order valence-electron chi connectivity index (χ4n) is 4.98. The summed E-state index contributed by atoms with van der Waals surface area (Å²) < 4.78 is 17.3. The van der Waals surface area contributed by atoms with E-state index in [1.807, 2.05) is 30.3 Å². The van der Waals surface area contributed by atoms with Crippen molar-refractivity contribution in [2.45, 2.75) is 25.0 Å². The number of carbonyl (C=O) groups excluding carboxylic acids is 3. The summed E-state index contributed by atoms with van der Waals surface area (Å²) in [5, 5.41) is 0. The van der Waals surface area contributed by atoms with E-state index in [0.717, 1.165) is 0 Å². The first-order valence-electron chi connectivity index (χ1n) is 12.1. The van der Waals surface area contributed by atoms with Crippen molar-refractivity contribution in [3.05, 3.63) is 102 Å². The molecule has 0 aromatic heterocycles. The Balaban J connectivity index is 1.30. The van der Waals surface area contributed by atoms with Gasteiger partial charge in [0.1, 0.15) is 18.0 Å². The van der Waals surface area contributed by atoms with Gasteiger partial charge in [0.05, 0.1) is 11.1 Å². The van der Waals surface area contributed by atoms with Gasteiger partial charge in [0.2, 0.25) is 0 Å². The van der Waals surface area contributed by atoms with Crippen LogP contribution in [0.2, 0.25) is 0 Å². The number of amides is 1. The minimum atomic E-state index is -0.614. The minimum Gasteiger partial charge on any atom is -0.455 e. The second-order valence-corrected chi connectivity index (χ2v) is 9.20. The number of carbonyl (C=O) groups is 3. The van der Waals surface area contributed by atoms with Crippen molar-refractivity contribution in [1.82, 2.24) is 4.90 Å². The number of benzene rings is 3. The Morgan fingerprint density at radius 3 is 1.47 bits per heavy atom. The van der Waals surface area contributed by atoms with Crippen LogP contribution in [0.5, 0.6) is 5.75 Å². The Hall–Kier alpha value is -4.13. The summed E-state index contributed by atoms with van der Waals surface area (Å²) in [6.07, 6.45) is -0.657. The van der Waals surface area contributed by atoms with E-state index in [-0.39, 0.29) is 11.8 Å². The molecule has 1 amide bonds. The molecule has 4 atom stereocenters. The standard InChI is InChI=1S/C29H27NO6/c31-27(20-10-4-1-5-11-20)35-25-16-22-18-30(29(33)34-24-14-8-3-9-15-24)19-23(22)17-26(25)36-28(32)21-12-6-2-7-13-21/h1-15,22-23,25-26H,16-19H2/t22-,23+,25?,26?. The van der Waals surface area contributed by atoms with Gasteiger partial charge in [0, 0.05) is 13.1 Å². The molecular weight excluding hydrogens is 458 g/mol. The van der Waals surface area contributed by atoms with Crippen molar-refractivity contribution in [3.8, 4) is 5.75 Å². The third kappa shape index (κ3) is 5.40. The quantitative estimate of drug-likeness (QED) is 0.474. The van der Waals surface area contributed by atoms with E-state index < -0.39 is 30.2 Å². The average Bonchev–Trinajstić information content (AvgIpc) is 3.33. The lowest BCUT2D eigenvalue weighted by Gasteiger charge is -2.36. The third-order valence-corrected chi connectivity index (χ3v) is 6.80. The molecule has 184 valence electrons. The van der Waals surface area contributed by atoms with E-state index in [9.17, 15) is 14.4 Å². The van der Waals surface area contributed by atoms with Gasteiger partial charge < -0.3 is 19.1 Å². The van der Waals surface area contributed by atoms with Crippen LogP contribution in [0.1, 0.15) is 33.6 Å². The van der Waals surface area contributed by atoms with Crippen molar-refractivity contribution >= 4 is 18.0 Å². The predicted molar refractivity (Wildman–Crippen MR) is 132 cm³/mol. The van der Waals surface area contributed by atoms with Crippen molar-refractivity contribution in [3.63, 3.8) is 0 Å². The van der Waals surface area contributed by atoms with E-state index in [1.54, 1.807) is 65.6 Å². The number of likely N-dealkylation sites (tertiary alicyclic amines) is 1. The molecule has 0 bridgehead atoms. The van der Waals surface area contributed by atoms with Crippen LogP contribution in [0.15, 0.2) is 91.0 Å². The van der Waals surface area contributed by atoms with Crippen LogP contribution in [-0.2, 0) is 9.47 Å². The van der Waals surface area contributed by atoms with Crippen LogP contribution < -0.4 is 4.74 Å². The summed E-state index contributed by atoms with van der Waals surface area (Å²) in [5.41, 5.74) is 0.875. The third-order valence-electron chi connectivity index (χ3n) is 6.80. The molecule has 2 aliphatic rings. The van der Waals surface area contributed by atoms with E-state index in [2.05, 4.69) is 0 Å². The lowest BCUT2D eigenvalue weighted by atomic mass is 9.78. The SMILES string of the molecule is O=C(OC1C[C@@H]2CN(C(=O)Oc3ccccc3)C[C@@H]2CC1OC(=O)c1ccccc1)c1ccccc1. The maximum absolute atomic E-state index is 12.8. The average molecular weight is 486 g/mol. The smallest absolute Gasteiger partial charge is 0.415 e. The molecule has 36 heavy (non-hydrogen) atoms. The van der Waals surface area contributed by atoms with E-state index in [0.29, 0.717) is 42.8 Å². The van der Waals surface area contributed by atoms with Crippen LogP contribution in [0.4, 0.5) is 4.79 Å². The van der Waals surface area contributed by atoms with Gasteiger partial charge in [-0.3, -0.25) is 0 Å². The van der Waals surface area contributed by atoms with Crippen LogP contribution in [-0.4, -0.2) is 48.2 Å². The molecule has 1 saturated heterocycles. The van der Waals surface area contributed by atoms with Crippen LogP contribution in [0.25, 0.3) is 0 Å². The van der Waals surface area contributed by atoms with E-state index >= 15 is 0 Å². The van der Waals surface area contributed by atoms with Gasteiger partial charge in [0.25, 0.3) is 0 Å². The zero-order valence-electron chi connectivity index (χ0n) is 19.7. The number of hydrogen-bond acceptors (Lipinski definition) is 6. The summed E-state index contributed by atoms with van der Waals surface area (Å²) in [7, 11) is 0. The molecule has 1 heterocycles. The van der Waals surface area contributed by atoms with Gasteiger partial charge in [-0.25, -0.2) is 14.4 Å². The van der Waals surface area contributed by atoms with Crippen LogP contribution >= 0.6 is 0 Å². The molecule has 5 rings (SSSR count). The molecule has 0 radical (unpaired) electrons. The maximum Gasteiger partial charge on any atom is 0.415 e. The second-order valence-electron chi connectivity index (χ2n) is 9.20. The van der Waals surface area contributed by atoms with Gasteiger partial charge in [-0.15, -0.1) is 0 Å². The molecule has 1 aliphatic carbocycles. The summed E-state index contributed by atoms with van der Waals surface area (Å²) in [6.45, 7) is 0.990. The van der Waals surface area contributed by atoms with Crippen molar-refractivity contribution < 1.29 is 28.6 Å². The summed E-state index contributed by atoms with van der Waals surface area (Å²) in [4.78, 5) is 40.1. The largest absolute Gasteiger partial charge is 0.455 e. The first-order valence-corrected chi connectivity index (χ1v) is 12.1. The van der Waals surface area contributed by atoms with Crippen LogP contribution in [0.3, 0.4) is 0 Å². The number of rotatable bonds is 5. The van der Waals surface area contributed by atoms with Crippen molar-refractivity contribution in [2.24, 2.45) is 11.8 Å². The summed E-state index contributed by atoms with van der Waals surface area (Å²) >= 11 is 0. The minimum absolute atomic E-state index is 0.105. The predicted octanol–water partition coefficient (Wildman–Crippen LogP) is 4.98. The molecular formula is C29H27NO6. The van der Waals surface area contributed by atoms with Crippen molar-refractivity contribution in [2.75, 3.05) is 13.1 Å². The van der Waals surface area contributed by atoms with Gasteiger partial charge in [-0.05, 0) is 61.1 Å². The molecule has 3 aromatic rings. The number of nitrogens with zero attached hydrogens (tertiary/aromatic N) is 1. The zero-order chi connectivity index (χ0) is 24.9. The highest BCUT2D eigenvalue weighted by Gasteiger charge is 2.47. The number of para-hydroxylation sites is 1. The van der Waals surface area contributed by atoms with E-state index in [4.69, 9.17) is 14.2 Å². The zero-order valence-corrected chi connectivity index (χ0v) is 19.7. The lowest BCUT2D eigenvalue weighted by molar-refractivity contribution is -0.0683. The Kier molecular flexibility index (Phi) is 6.98. The van der Waals surface area contributed by atoms with E-state index in [1.165, 1.54) is 0 Å². The highest BCUT2D eigenvalue weighted by molar-refractivity contribution is 5.90. The normalized spacial score (nSPS) is 22.8. The van der Waals surface area contributed by atoms with Gasteiger partial charge in [-0.2, -0.15) is 0 Å². The summed E-state index contributed by atoms with van der Waals surface area (Å²) in [5.74, 6) is -0.222. The second kappa shape index (κ2) is 10.6. The highest BCUT2D eigenvalue weighted by atomic mass is 16.6. The number of esters is 2. The Morgan fingerprint density at radius 2 is 1.03 bits per heavy atom. The molecule has 7 heteroatoms.